The van der Waals surface area contributed by atoms with Crippen molar-refractivity contribution in [2.75, 3.05) is 14.2 Å². The van der Waals surface area contributed by atoms with Gasteiger partial charge in [-0.1, -0.05) is 26.8 Å². The zero-order valence-corrected chi connectivity index (χ0v) is 19.7. The molecule has 0 saturated carbocycles. The first-order valence-electron chi connectivity index (χ1n) is 10.1. The molecule has 0 aliphatic carbocycles. The van der Waals surface area contributed by atoms with E-state index in [0.29, 0.717) is 25.0 Å². The van der Waals surface area contributed by atoms with Gasteiger partial charge in [-0.25, -0.2) is 9.59 Å². The maximum Gasteiger partial charge on any atom is 0.410 e. The van der Waals surface area contributed by atoms with Crippen LogP contribution in [0.25, 0.3) is 0 Å². The van der Waals surface area contributed by atoms with Gasteiger partial charge in [0.25, 0.3) is 0 Å². The molecule has 0 aromatic carbocycles. The van der Waals surface area contributed by atoms with E-state index in [1.54, 1.807) is 27.0 Å². The van der Waals surface area contributed by atoms with Gasteiger partial charge in [-0.05, 0) is 31.4 Å². The SMILES string of the molecule is COC(=O)N/C=C/CCC(C)c1cc(O)c(C(=O)C(C)(C)Cc2ccc(OC)s2)c(=O)o1. The summed E-state index contributed by atoms with van der Waals surface area (Å²) in [4.78, 5) is 37.6. The van der Waals surface area contributed by atoms with Gasteiger partial charge in [-0.15, -0.1) is 11.3 Å². The highest BCUT2D eigenvalue weighted by atomic mass is 32.1. The second-order valence-electron chi connectivity index (χ2n) is 8.03. The van der Waals surface area contributed by atoms with E-state index in [4.69, 9.17) is 9.15 Å². The topological polar surface area (TPSA) is 115 Å². The predicted octanol–water partition coefficient (Wildman–Crippen LogP) is 4.62. The van der Waals surface area contributed by atoms with E-state index in [9.17, 15) is 19.5 Å². The molecule has 1 unspecified atom stereocenters. The molecule has 2 N–H and O–H groups in total. The second-order valence-corrected chi connectivity index (χ2v) is 9.16. The molecule has 0 fully saturated rings. The normalized spacial score (nSPS) is 12.5. The zero-order chi connectivity index (χ0) is 23.9. The first kappa shape index (κ1) is 25.2. The highest BCUT2D eigenvalue weighted by molar-refractivity contribution is 7.13. The molecule has 0 saturated heterocycles. The molecule has 0 bridgehead atoms. The van der Waals surface area contributed by atoms with E-state index >= 15 is 0 Å². The number of ether oxygens (including phenoxy) is 2. The monoisotopic (exact) mass is 463 g/mol. The Labute approximate surface area is 190 Å². The number of allylic oxidation sites excluding steroid dienone is 1. The number of nitrogens with one attached hydrogen (secondary N) is 1. The Morgan fingerprint density at radius 1 is 1.31 bits per heavy atom. The first-order chi connectivity index (χ1) is 15.1. The Kier molecular flexibility index (Phi) is 8.65. The standard InChI is InChI=1S/C23H29NO7S/c1-14(8-6-7-11-24-22(28)30-5)17-12-16(25)19(21(27)31-17)20(26)23(2,3)13-15-9-10-18(29-4)32-15/h7,9-12,14,25H,6,8,13H2,1-5H3,(H,24,28)/b11-7+. The Bertz CT molecular complexity index is 1040. The fourth-order valence-corrected chi connectivity index (χ4v) is 4.17. The van der Waals surface area contributed by atoms with Gasteiger partial charge in [-0.2, -0.15) is 0 Å². The molecule has 1 amide bonds. The molecule has 0 spiro atoms. The summed E-state index contributed by atoms with van der Waals surface area (Å²) in [5.74, 6) is -0.758. The number of Topliss-reactive ketones (excluding diaryl/α,β-unsaturated/α-hetero) is 1. The lowest BCUT2D eigenvalue weighted by Crippen LogP contribution is -2.31. The maximum atomic E-state index is 13.1. The summed E-state index contributed by atoms with van der Waals surface area (Å²) in [5, 5.41) is 13.6. The molecule has 1 atom stereocenters. The highest BCUT2D eigenvalue weighted by Gasteiger charge is 2.34. The molecular weight excluding hydrogens is 434 g/mol. The van der Waals surface area contributed by atoms with Crippen molar-refractivity contribution in [1.82, 2.24) is 5.32 Å². The van der Waals surface area contributed by atoms with E-state index in [-0.39, 0.29) is 17.2 Å². The Morgan fingerprint density at radius 3 is 2.62 bits per heavy atom. The van der Waals surface area contributed by atoms with Crippen LogP contribution in [0, 0.1) is 5.41 Å². The van der Waals surface area contributed by atoms with Crippen LogP contribution in [-0.2, 0) is 11.2 Å². The van der Waals surface area contributed by atoms with Crippen LogP contribution in [0.1, 0.15) is 60.5 Å². The Hall–Kier alpha value is -3.07. The molecule has 9 heteroatoms. The summed E-state index contributed by atoms with van der Waals surface area (Å²) in [6.45, 7) is 5.30. The van der Waals surface area contributed by atoms with E-state index in [1.165, 1.54) is 30.7 Å². The molecule has 2 aromatic rings. The fraction of sp³-hybridized carbons (Fsp3) is 0.435. The predicted molar refractivity (Wildman–Crippen MR) is 122 cm³/mol. The van der Waals surface area contributed by atoms with Gasteiger partial charge in [0.15, 0.2) is 10.8 Å². The Morgan fingerprint density at radius 2 is 2.03 bits per heavy atom. The van der Waals surface area contributed by atoms with Crippen LogP contribution >= 0.6 is 11.3 Å². The van der Waals surface area contributed by atoms with Crippen molar-refractivity contribution >= 4 is 23.2 Å². The largest absolute Gasteiger partial charge is 0.507 e. The van der Waals surface area contributed by atoms with Crippen molar-refractivity contribution in [3.8, 4) is 10.8 Å². The second kappa shape index (κ2) is 11.0. The smallest absolute Gasteiger partial charge is 0.410 e. The van der Waals surface area contributed by atoms with E-state index in [2.05, 4.69) is 10.1 Å². The molecule has 32 heavy (non-hydrogen) atoms. The number of ketones is 1. The summed E-state index contributed by atoms with van der Waals surface area (Å²) in [6.07, 6.45) is 4.23. The molecule has 0 radical (unpaired) electrons. The van der Waals surface area contributed by atoms with Gasteiger partial charge in [0.05, 0.1) is 14.2 Å². The minimum Gasteiger partial charge on any atom is -0.507 e. The summed E-state index contributed by atoms with van der Waals surface area (Å²) < 4.78 is 15.0. The molecule has 2 rings (SSSR count). The third-order valence-electron chi connectivity index (χ3n) is 5.00. The van der Waals surface area contributed by atoms with Gasteiger partial charge >= 0.3 is 11.7 Å². The molecule has 174 valence electrons. The average Bonchev–Trinajstić information content (AvgIpc) is 3.19. The van der Waals surface area contributed by atoms with Gasteiger partial charge < -0.3 is 19.0 Å². The van der Waals surface area contributed by atoms with Crippen LogP contribution in [0.2, 0.25) is 0 Å². The minimum absolute atomic E-state index is 0.188. The quantitative estimate of drug-likeness (QED) is 0.494. The van der Waals surface area contributed by atoms with Crippen LogP contribution in [0.4, 0.5) is 4.79 Å². The first-order valence-corrected chi connectivity index (χ1v) is 10.9. The van der Waals surface area contributed by atoms with Crippen molar-refractivity contribution in [1.29, 1.82) is 0 Å². The number of hydrogen-bond acceptors (Lipinski definition) is 8. The summed E-state index contributed by atoms with van der Waals surface area (Å²) in [6, 6.07) is 5.03. The Balaban J connectivity index is 2.11. The highest BCUT2D eigenvalue weighted by Crippen LogP contribution is 2.34. The zero-order valence-electron chi connectivity index (χ0n) is 18.9. The van der Waals surface area contributed by atoms with Gasteiger partial charge in [-0.3, -0.25) is 10.1 Å². The van der Waals surface area contributed by atoms with Crippen LogP contribution in [0.15, 0.2) is 39.7 Å². The van der Waals surface area contributed by atoms with Crippen LogP contribution in [0.5, 0.6) is 10.8 Å². The molecular formula is C23H29NO7S. The molecule has 8 nitrogen and oxygen atoms in total. The third-order valence-corrected chi connectivity index (χ3v) is 6.05. The molecule has 2 heterocycles. The van der Waals surface area contributed by atoms with Crippen molar-refractivity contribution < 1.29 is 28.6 Å². The molecule has 0 aliphatic rings. The number of methoxy groups -OCH3 is 2. The number of carbonyl (C=O) groups is 2. The van der Waals surface area contributed by atoms with Crippen molar-refractivity contribution in [2.24, 2.45) is 5.41 Å². The van der Waals surface area contributed by atoms with Gasteiger partial charge in [0, 0.05) is 28.5 Å². The van der Waals surface area contributed by atoms with Crippen LogP contribution in [0.3, 0.4) is 0 Å². The lowest BCUT2D eigenvalue weighted by atomic mass is 9.81. The van der Waals surface area contributed by atoms with E-state index in [1.807, 2.05) is 19.1 Å². The summed E-state index contributed by atoms with van der Waals surface area (Å²) >= 11 is 1.43. The lowest BCUT2D eigenvalue weighted by molar-refractivity contribution is 0.0830. The maximum absolute atomic E-state index is 13.1. The number of aromatic hydroxyl groups is 1. The summed E-state index contributed by atoms with van der Waals surface area (Å²) in [7, 11) is 2.85. The van der Waals surface area contributed by atoms with E-state index < -0.39 is 22.9 Å². The number of thiophene rings is 1. The number of alkyl carbamates (subject to hydrolysis) is 1. The van der Waals surface area contributed by atoms with Crippen molar-refractivity contribution in [3.05, 3.63) is 57.1 Å². The van der Waals surface area contributed by atoms with Gasteiger partial charge in [0.1, 0.15) is 17.1 Å². The number of rotatable bonds is 10. The average molecular weight is 464 g/mol. The lowest BCUT2D eigenvalue weighted by Gasteiger charge is -2.22. The molecule has 0 aliphatic heterocycles. The third kappa shape index (κ3) is 6.46. The number of amides is 1. The minimum atomic E-state index is -0.924. The molecule has 2 aromatic heterocycles. The number of carbonyl (C=O) groups excluding carboxylic acids is 2. The summed E-state index contributed by atoms with van der Waals surface area (Å²) in [5.41, 5.74) is -2.11. The fourth-order valence-electron chi connectivity index (χ4n) is 3.13. The van der Waals surface area contributed by atoms with E-state index in [0.717, 1.165) is 9.94 Å². The van der Waals surface area contributed by atoms with Crippen molar-refractivity contribution in [3.63, 3.8) is 0 Å². The number of hydrogen-bond donors (Lipinski definition) is 2. The van der Waals surface area contributed by atoms with Crippen molar-refractivity contribution in [2.45, 2.75) is 46.0 Å². The van der Waals surface area contributed by atoms with Crippen LogP contribution < -0.4 is 15.7 Å². The van der Waals surface area contributed by atoms with Gasteiger partial charge in [0.2, 0.25) is 0 Å². The van der Waals surface area contributed by atoms with Crippen LogP contribution in [-0.4, -0.2) is 31.2 Å².